The van der Waals surface area contributed by atoms with Crippen molar-refractivity contribution in [3.05, 3.63) is 29.0 Å². The Bertz CT molecular complexity index is 621. The zero-order valence-corrected chi connectivity index (χ0v) is 14.7. The summed E-state index contributed by atoms with van der Waals surface area (Å²) in [7, 11) is 0. The van der Waals surface area contributed by atoms with E-state index in [1.54, 1.807) is 11.8 Å². The molecule has 0 radical (unpaired) electrons. The van der Waals surface area contributed by atoms with Crippen LogP contribution in [0.1, 0.15) is 26.2 Å². The molecule has 0 saturated carbocycles. The molecule has 0 bridgehead atoms. The first-order valence-electron chi connectivity index (χ1n) is 8.10. The minimum atomic E-state index is -0.972. The fourth-order valence-electron chi connectivity index (χ4n) is 2.73. The number of ether oxygens (including phenoxy) is 2. The van der Waals surface area contributed by atoms with E-state index in [1.807, 2.05) is 0 Å². The van der Waals surface area contributed by atoms with Crippen LogP contribution in [0.2, 0.25) is 5.02 Å². The SMILES string of the molecule is C[C@H](Oc1ccc(F)cc1Cl)C(=O)N(CCC(=O)O)C1CCOCC1. The van der Waals surface area contributed by atoms with E-state index in [2.05, 4.69) is 0 Å². The fraction of sp³-hybridized carbons (Fsp3) is 0.529. The molecule has 1 aliphatic heterocycles. The highest BCUT2D eigenvalue weighted by atomic mass is 35.5. The van der Waals surface area contributed by atoms with Crippen molar-refractivity contribution in [1.82, 2.24) is 4.90 Å². The van der Waals surface area contributed by atoms with Gasteiger partial charge >= 0.3 is 5.97 Å². The number of carbonyl (C=O) groups excluding carboxylic acids is 1. The van der Waals surface area contributed by atoms with Gasteiger partial charge in [-0.05, 0) is 38.0 Å². The molecule has 1 atom stereocenters. The number of halogens is 2. The van der Waals surface area contributed by atoms with Crippen molar-refractivity contribution in [3.63, 3.8) is 0 Å². The Balaban J connectivity index is 2.08. The van der Waals surface area contributed by atoms with Gasteiger partial charge in [-0.3, -0.25) is 9.59 Å². The summed E-state index contributed by atoms with van der Waals surface area (Å²) in [4.78, 5) is 25.2. The number of rotatable bonds is 7. The first kappa shape index (κ1) is 19.5. The van der Waals surface area contributed by atoms with Crippen LogP contribution in [0.4, 0.5) is 4.39 Å². The van der Waals surface area contributed by atoms with Crippen LogP contribution in [0.25, 0.3) is 0 Å². The third-order valence-corrected chi connectivity index (χ3v) is 4.32. The zero-order chi connectivity index (χ0) is 18.4. The van der Waals surface area contributed by atoms with Crippen molar-refractivity contribution in [3.8, 4) is 5.75 Å². The maximum Gasteiger partial charge on any atom is 0.305 e. The van der Waals surface area contributed by atoms with Gasteiger partial charge in [0.1, 0.15) is 11.6 Å². The maximum atomic E-state index is 13.1. The summed E-state index contributed by atoms with van der Waals surface area (Å²) in [6.07, 6.45) is 0.275. The number of hydrogen-bond acceptors (Lipinski definition) is 4. The zero-order valence-electron chi connectivity index (χ0n) is 13.9. The molecule has 1 N–H and O–H groups in total. The molecule has 138 valence electrons. The van der Waals surface area contributed by atoms with Gasteiger partial charge in [0.2, 0.25) is 0 Å². The van der Waals surface area contributed by atoms with E-state index in [-0.39, 0.29) is 35.7 Å². The van der Waals surface area contributed by atoms with Crippen LogP contribution in [0.5, 0.6) is 5.75 Å². The van der Waals surface area contributed by atoms with E-state index in [4.69, 9.17) is 26.2 Å². The van der Waals surface area contributed by atoms with Crippen molar-refractivity contribution in [2.75, 3.05) is 19.8 Å². The summed E-state index contributed by atoms with van der Waals surface area (Å²) in [5.41, 5.74) is 0. The van der Waals surface area contributed by atoms with E-state index in [9.17, 15) is 14.0 Å². The van der Waals surface area contributed by atoms with Gasteiger partial charge < -0.3 is 19.5 Å². The Kier molecular flexibility index (Phi) is 7.01. The molecule has 1 amide bonds. The minimum absolute atomic E-state index is 0.0720. The molecule has 0 spiro atoms. The number of amides is 1. The molecule has 0 unspecified atom stereocenters. The highest BCUT2D eigenvalue weighted by molar-refractivity contribution is 6.32. The van der Waals surface area contributed by atoms with Crippen molar-refractivity contribution in [2.45, 2.75) is 38.3 Å². The number of carboxylic acid groups (broad SMARTS) is 1. The molecule has 2 rings (SSSR count). The number of nitrogens with zero attached hydrogens (tertiary/aromatic N) is 1. The second-order valence-corrected chi connectivity index (χ2v) is 6.26. The molecule has 1 saturated heterocycles. The van der Waals surface area contributed by atoms with Crippen LogP contribution in [0, 0.1) is 5.82 Å². The smallest absolute Gasteiger partial charge is 0.305 e. The summed E-state index contributed by atoms with van der Waals surface area (Å²) >= 11 is 5.93. The number of aliphatic carboxylic acids is 1. The average molecular weight is 374 g/mol. The van der Waals surface area contributed by atoms with E-state index in [0.717, 1.165) is 6.07 Å². The average Bonchev–Trinajstić information content (AvgIpc) is 2.58. The molecule has 1 aliphatic rings. The monoisotopic (exact) mass is 373 g/mol. The predicted octanol–water partition coefficient (Wildman–Crippen LogP) is 2.73. The second-order valence-electron chi connectivity index (χ2n) is 5.85. The van der Waals surface area contributed by atoms with Gasteiger partial charge in [-0.1, -0.05) is 11.6 Å². The first-order valence-corrected chi connectivity index (χ1v) is 8.48. The van der Waals surface area contributed by atoms with Gasteiger partial charge in [0.25, 0.3) is 5.91 Å². The minimum Gasteiger partial charge on any atom is -0.481 e. The lowest BCUT2D eigenvalue weighted by Gasteiger charge is -2.35. The standard InChI is InChI=1S/C17H21ClFNO5/c1-11(25-15-3-2-12(19)10-14(15)18)17(23)20(7-4-16(21)22)13-5-8-24-9-6-13/h2-3,10-11,13H,4-9H2,1H3,(H,21,22)/t11-/m0/s1. The lowest BCUT2D eigenvalue weighted by atomic mass is 10.1. The molecule has 0 aromatic heterocycles. The van der Waals surface area contributed by atoms with Crippen LogP contribution >= 0.6 is 11.6 Å². The maximum absolute atomic E-state index is 13.1. The lowest BCUT2D eigenvalue weighted by Crippen LogP contribution is -2.49. The predicted molar refractivity (Wildman–Crippen MR) is 89.3 cm³/mol. The van der Waals surface area contributed by atoms with Crippen molar-refractivity contribution >= 4 is 23.5 Å². The van der Waals surface area contributed by atoms with Gasteiger partial charge in [-0.15, -0.1) is 0 Å². The molecular weight excluding hydrogens is 353 g/mol. The molecule has 0 aliphatic carbocycles. The van der Waals surface area contributed by atoms with Crippen LogP contribution in [0.15, 0.2) is 18.2 Å². The topological polar surface area (TPSA) is 76.1 Å². The largest absolute Gasteiger partial charge is 0.481 e. The van der Waals surface area contributed by atoms with E-state index >= 15 is 0 Å². The molecule has 1 fully saturated rings. The van der Waals surface area contributed by atoms with Gasteiger partial charge in [-0.2, -0.15) is 0 Å². The second kappa shape index (κ2) is 9.01. The molecule has 1 aromatic rings. The highest BCUT2D eigenvalue weighted by Crippen LogP contribution is 2.26. The summed E-state index contributed by atoms with van der Waals surface area (Å²) in [6, 6.07) is 3.57. The molecular formula is C17H21ClFNO5. The Morgan fingerprint density at radius 2 is 2.12 bits per heavy atom. The molecule has 8 heteroatoms. The number of benzene rings is 1. The van der Waals surface area contributed by atoms with E-state index in [1.165, 1.54) is 12.1 Å². The summed E-state index contributed by atoms with van der Waals surface area (Å²) < 4.78 is 24.0. The van der Waals surface area contributed by atoms with Crippen LogP contribution in [-0.4, -0.2) is 53.8 Å². The first-order chi connectivity index (χ1) is 11.9. The van der Waals surface area contributed by atoms with Crippen LogP contribution in [0.3, 0.4) is 0 Å². The Hall–Kier alpha value is -1.86. The summed E-state index contributed by atoms with van der Waals surface area (Å²) in [5.74, 6) is -1.59. The molecule has 1 aromatic carbocycles. The quantitative estimate of drug-likeness (QED) is 0.795. The third kappa shape index (κ3) is 5.57. The summed E-state index contributed by atoms with van der Waals surface area (Å²) in [5, 5.41) is 9.00. The molecule has 25 heavy (non-hydrogen) atoms. The van der Waals surface area contributed by atoms with Crippen molar-refractivity contribution < 1.29 is 28.6 Å². The van der Waals surface area contributed by atoms with Gasteiger partial charge in [0.15, 0.2) is 6.10 Å². The lowest BCUT2D eigenvalue weighted by molar-refractivity contribution is -0.144. The number of carboxylic acids is 1. The Morgan fingerprint density at radius 3 is 2.72 bits per heavy atom. The fourth-order valence-corrected chi connectivity index (χ4v) is 2.94. The van der Waals surface area contributed by atoms with Crippen molar-refractivity contribution in [1.29, 1.82) is 0 Å². The van der Waals surface area contributed by atoms with Crippen LogP contribution in [-0.2, 0) is 14.3 Å². The van der Waals surface area contributed by atoms with Crippen molar-refractivity contribution in [2.24, 2.45) is 0 Å². The number of hydrogen-bond donors (Lipinski definition) is 1. The van der Waals surface area contributed by atoms with Gasteiger partial charge in [0, 0.05) is 25.8 Å². The molecule has 6 nitrogen and oxygen atoms in total. The highest BCUT2D eigenvalue weighted by Gasteiger charge is 2.30. The van der Waals surface area contributed by atoms with Crippen LogP contribution < -0.4 is 4.74 Å². The van der Waals surface area contributed by atoms with E-state index < -0.39 is 17.9 Å². The normalized spacial score (nSPS) is 16.3. The van der Waals surface area contributed by atoms with E-state index in [0.29, 0.717) is 26.1 Å². The van der Waals surface area contributed by atoms with Gasteiger partial charge in [0.05, 0.1) is 11.4 Å². The Morgan fingerprint density at radius 1 is 1.44 bits per heavy atom. The molecule has 1 heterocycles. The van der Waals surface area contributed by atoms with Gasteiger partial charge in [-0.25, -0.2) is 4.39 Å². The summed E-state index contributed by atoms with van der Waals surface area (Å²) in [6.45, 7) is 2.72. The number of carbonyl (C=O) groups is 2. The third-order valence-electron chi connectivity index (χ3n) is 4.03. The Labute approximate surface area is 150 Å².